The number of hydrogen-bond acceptors (Lipinski definition) is 19. The van der Waals surface area contributed by atoms with Crippen LogP contribution in [0.3, 0.4) is 0 Å². The van der Waals surface area contributed by atoms with Gasteiger partial charge in [-0.15, -0.1) is 0 Å². The van der Waals surface area contributed by atoms with Gasteiger partial charge in [0.05, 0.1) is 12.6 Å². The van der Waals surface area contributed by atoms with E-state index in [9.17, 15) is 91.4 Å². The Kier molecular flexibility index (Phi) is 36.9. The molecule has 9 atom stereocenters. The molecule has 2 rings (SSSR count). The highest BCUT2D eigenvalue weighted by molar-refractivity contribution is 6.03. The van der Waals surface area contributed by atoms with Gasteiger partial charge in [0.25, 0.3) is 0 Å². The van der Waals surface area contributed by atoms with Gasteiger partial charge in [-0.2, -0.15) is 0 Å². The minimum Gasteiger partial charge on any atom is -0.394 e. The molecule has 37 heteroatoms. The monoisotopic (exact) mass is 1610 g/mol. The van der Waals surface area contributed by atoms with Crippen molar-refractivity contribution in [2.45, 2.75) is 316 Å². The molecule has 0 saturated heterocycles. The number of carbonyl (C=O) groups excluding carboxylic acids is 18. The van der Waals surface area contributed by atoms with Gasteiger partial charge < -0.3 is 102 Å². The molecule has 0 heterocycles. The molecule has 1 aliphatic carbocycles. The minimum absolute atomic E-state index is 0.00501. The molecule has 1 aliphatic rings. The highest BCUT2D eigenvalue weighted by Crippen LogP contribution is 2.36. The molecule has 37 nitrogen and oxygen atoms in total. The van der Waals surface area contributed by atoms with Crippen molar-refractivity contribution < 1.29 is 91.4 Å². The minimum atomic E-state index is -1.94. The lowest BCUT2D eigenvalue weighted by atomic mass is 9.92. The molecule has 22 N–H and O–H groups in total. The molecular formula is C77H128N18O19. The van der Waals surface area contributed by atoms with Crippen LogP contribution in [-0.4, -0.2) is 205 Å². The molecule has 0 aromatic heterocycles. The Morgan fingerprint density at radius 1 is 0.368 bits per heavy atom. The van der Waals surface area contributed by atoms with E-state index in [-0.39, 0.29) is 49.4 Å². The van der Waals surface area contributed by atoms with Crippen LogP contribution in [0.2, 0.25) is 0 Å². The first-order valence-corrected chi connectivity index (χ1v) is 38.3. The summed E-state index contributed by atoms with van der Waals surface area (Å²) >= 11 is 0. The van der Waals surface area contributed by atoms with Crippen LogP contribution in [-0.2, 0) is 92.7 Å². The zero-order valence-electron chi connectivity index (χ0n) is 70.3. The fourth-order valence-corrected chi connectivity index (χ4v) is 11.9. The molecule has 0 saturated carbocycles. The molecule has 1 aromatic rings. The van der Waals surface area contributed by atoms with Crippen LogP contribution < -0.4 is 97.0 Å². The number of rotatable bonds is 46. The fraction of sp³-hybridized carbons (Fsp3) is 0.688. The number of fused-ring (bicyclic) bond motifs is 1. The number of amides is 18. The number of aliphatic hydroxyl groups excluding tert-OH is 1. The Hall–Kier alpha value is -10.4. The smallest absolute Gasteiger partial charge is 0.246 e. The molecular weight excluding hydrogens is 1480 g/mol. The van der Waals surface area contributed by atoms with Gasteiger partial charge >= 0.3 is 0 Å². The second-order valence-electron chi connectivity index (χ2n) is 34.4. The van der Waals surface area contributed by atoms with Gasteiger partial charge in [0, 0.05) is 32.1 Å². The summed E-state index contributed by atoms with van der Waals surface area (Å²) in [7, 11) is 0. The summed E-state index contributed by atoms with van der Waals surface area (Å²) in [6.07, 6.45) is -0.718. The third-order valence-corrected chi connectivity index (χ3v) is 18.9. The van der Waals surface area contributed by atoms with E-state index in [0.29, 0.717) is 19.3 Å². The average Bonchev–Trinajstić information content (AvgIpc) is 1.39. The molecule has 0 fully saturated rings. The molecule has 1 aromatic carbocycles. The maximum absolute atomic E-state index is 14.2. The maximum Gasteiger partial charge on any atom is 0.246 e. The van der Waals surface area contributed by atoms with E-state index in [4.69, 9.17) is 17.2 Å². The number of carbonyl (C=O) groups is 18. The molecule has 0 aliphatic heterocycles. The summed E-state index contributed by atoms with van der Waals surface area (Å²) in [5.74, 6) is -16.3. The topological polar surface area (TPSA) is 586 Å². The number of aliphatic hydroxyl groups is 1. The summed E-state index contributed by atoms with van der Waals surface area (Å²) < 4.78 is 0. The predicted octanol–water partition coefficient (Wildman–Crippen LogP) is -2.17. The standard InChI is InChI=1S/C77H128N18O19/c1-39(2)35-45(38-96)83-58(102)48(29-32-53(78)98)85-64(108)71(9,10)91-61(105)51(36-40(3)4)84-59(103)49(30-33-54(79)99)86-66(110)73(13,14)94-70(114)77(21,22)95-69(113)76(19,20)90-60(104)50(31-34-55(80)100)87-65(109)72(11,12)92-62(106)52(37-41(5)6)88-67(111)74(15,16)93-68(112)75(17,18)89-57(101)42(7)81-63(107)56(82-43(8)97)47-28-27-44-25-23-24-26-46(44)47/h23-26,39-42,45,47-52,56,96H,27-38H2,1-22H3,(H2,78,98)(H2,79,99)(H2,80,100)(H,81,107)(H,82,97)(H,83,102)(H,84,103)(H,85,108)(H,86,110)(H,87,109)(H,88,111)(H,89,101)(H,90,104)(H,91,105)(H,92,106)(H,93,112)(H,94,114)(H,95,113)/t42-,45-,47?,48-,49-,50-,51-,52-,56?/m0/s1. The summed E-state index contributed by atoms with van der Waals surface area (Å²) in [5.41, 5.74) is 5.26. The lowest BCUT2D eigenvalue weighted by molar-refractivity contribution is -0.141. The van der Waals surface area contributed by atoms with Crippen LogP contribution in [0.5, 0.6) is 0 Å². The maximum atomic E-state index is 14.2. The second kappa shape index (κ2) is 42.1. The normalized spacial score (nSPS) is 15.3. The number of hydrogen-bond donors (Lipinski definition) is 19. The van der Waals surface area contributed by atoms with E-state index in [0.717, 1.165) is 11.1 Å². The molecule has 0 spiro atoms. The number of primary amides is 3. The van der Waals surface area contributed by atoms with E-state index >= 15 is 0 Å². The van der Waals surface area contributed by atoms with E-state index in [1.54, 1.807) is 27.7 Å². The Balaban J connectivity index is 2.26. The Labute approximate surface area is 667 Å². The SMILES string of the molecule is CC(=O)NC(C(=O)N[C@@H](C)C(=O)NC(C)(C)C(=O)NC(C)(C)C(=O)N[C@@H](CC(C)C)C(=O)NC(C)(C)C(=O)N[C@@H](CCC(N)=O)C(=O)NC(C)(C)C(=O)NC(C)(C)C(=O)NC(C)(C)C(=O)N[C@@H](CCC(N)=O)C(=O)N[C@@H](CC(C)C)C(=O)NC(C)(C)C(=O)N[C@@H](CCC(N)=O)C(=O)N[C@H](CO)CC(C)C)C1CCc2ccccc21. The van der Waals surface area contributed by atoms with Crippen LogP contribution in [0.4, 0.5) is 0 Å². The third-order valence-electron chi connectivity index (χ3n) is 18.9. The average molecular weight is 1610 g/mol. The third kappa shape index (κ3) is 31.9. The van der Waals surface area contributed by atoms with Gasteiger partial charge in [-0.25, -0.2) is 0 Å². The van der Waals surface area contributed by atoms with Gasteiger partial charge in [0.1, 0.15) is 81.1 Å². The fourth-order valence-electron chi connectivity index (χ4n) is 11.9. The van der Waals surface area contributed by atoms with Crippen molar-refractivity contribution in [1.29, 1.82) is 0 Å². The highest BCUT2D eigenvalue weighted by atomic mass is 16.3. The molecule has 2 unspecified atom stereocenters. The Bertz CT molecular complexity index is 3720. The van der Waals surface area contributed by atoms with Crippen molar-refractivity contribution in [2.75, 3.05) is 6.61 Å². The van der Waals surface area contributed by atoms with Crippen LogP contribution in [0.1, 0.15) is 234 Å². The predicted molar refractivity (Wildman–Crippen MR) is 421 cm³/mol. The number of nitrogens with two attached hydrogens (primary N) is 3. The quantitative estimate of drug-likeness (QED) is 0.0330. The first kappa shape index (κ1) is 99.7. The molecule has 0 bridgehead atoms. The van der Waals surface area contributed by atoms with E-state index in [2.05, 4.69) is 79.8 Å². The molecule has 640 valence electrons. The van der Waals surface area contributed by atoms with Gasteiger partial charge in [-0.1, -0.05) is 65.8 Å². The highest BCUT2D eigenvalue weighted by Gasteiger charge is 2.46. The summed E-state index contributed by atoms with van der Waals surface area (Å²) in [5, 5.41) is 48.5. The van der Waals surface area contributed by atoms with E-state index in [1.807, 2.05) is 38.1 Å². The number of nitrogens with one attached hydrogen (secondary N) is 15. The molecule has 114 heavy (non-hydrogen) atoms. The van der Waals surface area contributed by atoms with E-state index in [1.165, 1.54) is 111 Å². The van der Waals surface area contributed by atoms with Crippen molar-refractivity contribution in [3.8, 4) is 0 Å². The van der Waals surface area contributed by atoms with Gasteiger partial charge in [0.2, 0.25) is 106 Å². The zero-order valence-corrected chi connectivity index (χ0v) is 70.3. The number of benzene rings is 1. The van der Waals surface area contributed by atoms with Gasteiger partial charge in [-0.3, -0.25) is 86.3 Å². The van der Waals surface area contributed by atoms with Crippen molar-refractivity contribution >= 4 is 106 Å². The number of aryl methyl sites for hydroxylation is 1. The van der Waals surface area contributed by atoms with Crippen LogP contribution in [0.25, 0.3) is 0 Å². The van der Waals surface area contributed by atoms with Crippen molar-refractivity contribution in [3.05, 3.63) is 35.4 Å². The largest absolute Gasteiger partial charge is 0.394 e. The summed E-state index contributed by atoms with van der Waals surface area (Å²) in [4.78, 5) is 244. The summed E-state index contributed by atoms with van der Waals surface area (Å²) in [6.45, 7) is 31.1. The Morgan fingerprint density at radius 2 is 0.675 bits per heavy atom. The van der Waals surface area contributed by atoms with Crippen LogP contribution in [0, 0.1) is 17.8 Å². The lowest BCUT2D eigenvalue weighted by Crippen LogP contribution is -2.68. The second-order valence-corrected chi connectivity index (χ2v) is 34.4. The van der Waals surface area contributed by atoms with Gasteiger partial charge in [-0.05, 0) is 184 Å². The molecule has 0 radical (unpaired) electrons. The van der Waals surface area contributed by atoms with Crippen LogP contribution >= 0.6 is 0 Å². The lowest BCUT2D eigenvalue weighted by Gasteiger charge is -2.36. The molecule has 18 amide bonds. The zero-order chi connectivity index (χ0) is 87.9. The summed E-state index contributed by atoms with van der Waals surface area (Å²) in [6, 6.07) is -2.66. The first-order chi connectivity index (χ1) is 52.1. The van der Waals surface area contributed by atoms with Crippen molar-refractivity contribution in [3.63, 3.8) is 0 Å². The van der Waals surface area contributed by atoms with E-state index < -0.39 is 226 Å². The van der Waals surface area contributed by atoms with Crippen molar-refractivity contribution in [2.24, 2.45) is 35.0 Å². The van der Waals surface area contributed by atoms with Crippen LogP contribution in [0.15, 0.2) is 24.3 Å². The van der Waals surface area contributed by atoms with Gasteiger partial charge in [0.15, 0.2) is 0 Å². The van der Waals surface area contributed by atoms with Crippen molar-refractivity contribution in [1.82, 2.24) is 79.8 Å². The Morgan fingerprint density at radius 3 is 1.04 bits per heavy atom. The first-order valence-electron chi connectivity index (χ1n) is 38.3.